The van der Waals surface area contributed by atoms with Gasteiger partial charge in [0.2, 0.25) is 0 Å². The fourth-order valence-electron chi connectivity index (χ4n) is 2.73. The summed E-state index contributed by atoms with van der Waals surface area (Å²) < 4.78 is 3.05. The van der Waals surface area contributed by atoms with Gasteiger partial charge in [0, 0.05) is 25.0 Å². The van der Waals surface area contributed by atoms with Crippen LogP contribution in [0.4, 0.5) is 0 Å². The van der Waals surface area contributed by atoms with Crippen LogP contribution < -0.4 is 5.32 Å². The van der Waals surface area contributed by atoms with E-state index in [1.807, 2.05) is 18.7 Å². The van der Waals surface area contributed by atoms with Crippen molar-refractivity contribution in [2.45, 2.75) is 51.1 Å². The van der Waals surface area contributed by atoms with Crippen LogP contribution in [0.25, 0.3) is 0 Å². The number of aromatic nitrogens is 2. The number of aryl methyl sites for hydroxylation is 2. The summed E-state index contributed by atoms with van der Waals surface area (Å²) in [6, 6.07) is 0. The molecule has 1 aliphatic carbocycles. The van der Waals surface area contributed by atoms with Gasteiger partial charge in [-0.3, -0.25) is 4.68 Å². The Morgan fingerprint density at radius 1 is 1.39 bits per heavy atom. The Balaban J connectivity index is 2.05. The molecular formula is C13H21BrClN3. The number of hydrogen-bond acceptors (Lipinski definition) is 2. The second kappa shape index (κ2) is 5.93. The molecule has 3 nitrogen and oxygen atoms in total. The van der Waals surface area contributed by atoms with E-state index in [9.17, 15) is 0 Å². The van der Waals surface area contributed by atoms with Crippen LogP contribution in [0.1, 0.15) is 43.5 Å². The summed E-state index contributed by atoms with van der Waals surface area (Å²) in [4.78, 5) is 0. The second-order valence-corrected chi connectivity index (χ2v) is 6.36. The summed E-state index contributed by atoms with van der Waals surface area (Å²) in [5, 5.41) is 8.09. The van der Waals surface area contributed by atoms with Crippen LogP contribution in [0.15, 0.2) is 4.47 Å². The summed E-state index contributed by atoms with van der Waals surface area (Å²) in [5.74, 6) is 0.696. The Morgan fingerprint density at radius 2 is 2.06 bits per heavy atom. The Hall–Kier alpha value is -0.0600. The molecule has 0 saturated heterocycles. The van der Waals surface area contributed by atoms with Crippen LogP contribution in [0.2, 0.25) is 0 Å². The first-order valence-corrected chi connectivity index (χ1v) is 7.90. The molecule has 1 saturated carbocycles. The lowest BCUT2D eigenvalue weighted by Crippen LogP contribution is -2.48. The molecule has 1 fully saturated rings. The minimum Gasteiger partial charge on any atom is -0.304 e. The maximum absolute atomic E-state index is 6.19. The van der Waals surface area contributed by atoms with Crippen LogP contribution >= 0.6 is 27.5 Å². The molecule has 1 N–H and O–H groups in total. The van der Waals surface area contributed by atoms with Gasteiger partial charge in [0.1, 0.15) is 0 Å². The molecule has 0 spiro atoms. The van der Waals surface area contributed by atoms with Gasteiger partial charge >= 0.3 is 0 Å². The normalized spacial score (nSPS) is 19.1. The quantitative estimate of drug-likeness (QED) is 0.854. The highest BCUT2D eigenvalue weighted by atomic mass is 79.9. The van der Waals surface area contributed by atoms with Crippen LogP contribution in [0.5, 0.6) is 0 Å². The van der Waals surface area contributed by atoms with E-state index in [2.05, 4.69) is 26.3 Å². The van der Waals surface area contributed by atoms with Crippen LogP contribution in [-0.2, 0) is 13.6 Å². The Morgan fingerprint density at radius 3 is 2.56 bits per heavy atom. The van der Waals surface area contributed by atoms with Crippen molar-refractivity contribution in [2.75, 3.05) is 5.88 Å². The standard InChI is InChI=1S/C13H21BrClN3/c1-10-12(14)11(18(2)17-10)8-16-13(9-15)6-4-3-5-7-13/h16H,3-9H2,1-2H3. The molecule has 5 heteroatoms. The Kier molecular flexibility index (Phi) is 4.73. The predicted octanol–water partition coefficient (Wildman–Crippen LogP) is 3.52. The zero-order valence-electron chi connectivity index (χ0n) is 11.1. The van der Waals surface area contributed by atoms with E-state index in [0.29, 0.717) is 5.88 Å². The SMILES string of the molecule is Cc1nn(C)c(CNC2(CCl)CCCCC2)c1Br. The number of nitrogens with zero attached hydrogens (tertiary/aromatic N) is 2. The van der Waals surface area contributed by atoms with Gasteiger partial charge in [-0.15, -0.1) is 11.6 Å². The lowest BCUT2D eigenvalue weighted by Gasteiger charge is -2.36. The van der Waals surface area contributed by atoms with Crippen LogP contribution in [-0.4, -0.2) is 21.2 Å². The van der Waals surface area contributed by atoms with Crippen molar-refractivity contribution in [2.24, 2.45) is 7.05 Å². The van der Waals surface area contributed by atoms with Crippen molar-refractivity contribution in [1.29, 1.82) is 0 Å². The molecule has 0 bridgehead atoms. The van der Waals surface area contributed by atoms with E-state index < -0.39 is 0 Å². The zero-order valence-corrected chi connectivity index (χ0v) is 13.4. The molecule has 1 heterocycles. The molecule has 0 amide bonds. The molecule has 18 heavy (non-hydrogen) atoms. The van der Waals surface area contributed by atoms with Gasteiger partial charge in [0.25, 0.3) is 0 Å². The number of rotatable bonds is 4. The molecule has 0 radical (unpaired) electrons. The number of nitrogens with one attached hydrogen (secondary N) is 1. The highest BCUT2D eigenvalue weighted by Gasteiger charge is 2.31. The number of halogens is 2. The fourth-order valence-corrected chi connectivity index (χ4v) is 3.57. The van der Waals surface area contributed by atoms with E-state index in [0.717, 1.165) is 16.7 Å². The summed E-state index contributed by atoms with van der Waals surface area (Å²) in [6.07, 6.45) is 6.28. The van der Waals surface area contributed by atoms with Crippen molar-refractivity contribution in [1.82, 2.24) is 15.1 Å². The molecule has 102 valence electrons. The van der Waals surface area contributed by atoms with E-state index in [4.69, 9.17) is 11.6 Å². The third kappa shape index (κ3) is 2.91. The summed E-state index contributed by atoms with van der Waals surface area (Å²) in [6.45, 7) is 2.84. The average molecular weight is 335 g/mol. The summed E-state index contributed by atoms with van der Waals surface area (Å²) in [5.41, 5.74) is 2.36. The van der Waals surface area contributed by atoms with Crippen molar-refractivity contribution < 1.29 is 0 Å². The molecule has 0 unspecified atom stereocenters. The summed E-state index contributed by atoms with van der Waals surface area (Å²) >= 11 is 9.80. The lowest BCUT2D eigenvalue weighted by molar-refractivity contribution is 0.254. The van der Waals surface area contributed by atoms with Gasteiger partial charge in [-0.25, -0.2) is 0 Å². The molecule has 1 aromatic heterocycles. The van der Waals surface area contributed by atoms with Crippen molar-refractivity contribution in [3.05, 3.63) is 15.9 Å². The minimum absolute atomic E-state index is 0.122. The maximum atomic E-state index is 6.19. The van der Waals surface area contributed by atoms with Gasteiger partial charge in [-0.2, -0.15) is 5.10 Å². The van der Waals surface area contributed by atoms with Crippen molar-refractivity contribution in [3.63, 3.8) is 0 Å². The van der Waals surface area contributed by atoms with Crippen LogP contribution in [0.3, 0.4) is 0 Å². The monoisotopic (exact) mass is 333 g/mol. The lowest BCUT2D eigenvalue weighted by atomic mass is 9.83. The van der Waals surface area contributed by atoms with Gasteiger partial charge < -0.3 is 5.32 Å². The molecule has 0 aromatic carbocycles. The first-order chi connectivity index (χ1) is 8.58. The second-order valence-electron chi connectivity index (χ2n) is 5.30. The highest BCUT2D eigenvalue weighted by molar-refractivity contribution is 9.10. The first-order valence-electron chi connectivity index (χ1n) is 6.57. The molecule has 1 aliphatic rings. The average Bonchev–Trinajstić information content (AvgIpc) is 2.62. The molecule has 2 rings (SSSR count). The maximum Gasteiger partial charge on any atom is 0.0739 e. The van der Waals surface area contributed by atoms with E-state index in [1.165, 1.54) is 37.8 Å². The van der Waals surface area contributed by atoms with Crippen LogP contribution in [0, 0.1) is 6.92 Å². The fraction of sp³-hybridized carbons (Fsp3) is 0.769. The largest absolute Gasteiger partial charge is 0.304 e. The Labute approximate surface area is 122 Å². The minimum atomic E-state index is 0.122. The van der Waals surface area contributed by atoms with E-state index in [-0.39, 0.29) is 5.54 Å². The number of alkyl halides is 1. The molecule has 1 aromatic rings. The van der Waals surface area contributed by atoms with Crippen molar-refractivity contribution >= 4 is 27.5 Å². The van der Waals surface area contributed by atoms with Gasteiger partial charge in [0.15, 0.2) is 0 Å². The highest BCUT2D eigenvalue weighted by Crippen LogP contribution is 2.30. The van der Waals surface area contributed by atoms with Gasteiger partial charge in [-0.1, -0.05) is 19.3 Å². The van der Waals surface area contributed by atoms with E-state index >= 15 is 0 Å². The summed E-state index contributed by atoms with van der Waals surface area (Å²) in [7, 11) is 1.99. The third-order valence-corrected chi connectivity index (χ3v) is 5.50. The van der Waals surface area contributed by atoms with Gasteiger partial charge in [-0.05, 0) is 35.7 Å². The Bertz CT molecular complexity index is 411. The molecule has 0 atom stereocenters. The number of hydrogen-bond donors (Lipinski definition) is 1. The van der Waals surface area contributed by atoms with E-state index in [1.54, 1.807) is 0 Å². The topological polar surface area (TPSA) is 29.9 Å². The molecular weight excluding hydrogens is 314 g/mol. The zero-order chi connectivity index (χ0) is 13.2. The first kappa shape index (κ1) is 14.4. The smallest absolute Gasteiger partial charge is 0.0739 e. The third-order valence-electron chi connectivity index (χ3n) is 3.96. The van der Waals surface area contributed by atoms with Gasteiger partial charge in [0.05, 0.1) is 15.9 Å². The molecule has 0 aliphatic heterocycles. The predicted molar refractivity (Wildman–Crippen MR) is 79.0 cm³/mol. The van der Waals surface area contributed by atoms with Crippen molar-refractivity contribution in [3.8, 4) is 0 Å².